The first-order valence-corrected chi connectivity index (χ1v) is 10.9. The second-order valence-corrected chi connectivity index (χ2v) is 8.92. The van der Waals surface area contributed by atoms with Crippen LogP contribution in [0.25, 0.3) is 0 Å². The Kier molecular flexibility index (Phi) is 6.99. The fourth-order valence-corrected chi connectivity index (χ4v) is 4.08. The van der Waals surface area contributed by atoms with E-state index < -0.39 is 0 Å². The maximum atomic E-state index is 5.92. The molecule has 0 aliphatic carbocycles. The minimum Gasteiger partial charge on any atom is -0.337 e. The Labute approximate surface area is 181 Å². The average Bonchev–Trinajstić information content (AvgIpc) is 2.77. The van der Waals surface area contributed by atoms with Gasteiger partial charge in [-0.15, -0.1) is 0 Å². The van der Waals surface area contributed by atoms with Gasteiger partial charge in [0, 0.05) is 16.4 Å². The lowest BCUT2D eigenvalue weighted by molar-refractivity contribution is -0.208. The zero-order valence-corrected chi connectivity index (χ0v) is 18.9. The van der Waals surface area contributed by atoms with Crippen LogP contribution in [0.2, 0.25) is 0 Å². The Balaban J connectivity index is 2.15. The molecule has 3 rings (SSSR count). The van der Waals surface area contributed by atoms with E-state index in [2.05, 4.69) is 107 Å². The summed E-state index contributed by atoms with van der Waals surface area (Å²) in [7, 11) is 0. The van der Waals surface area contributed by atoms with Gasteiger partial charge in [0.05, 0.1) is 6.61 Å². The first-order chi connectivity index (χ1) is 14.4. The zero-order chi connectivity index (χ0) is 21.6. The van der Waals surface area contributed by atoms with Gasteiger partial charge in [0.25, 0.3) is 0 Å². The highest BCUT2D eigenvalue weighted by molar-refractivity contribution is 5.55. The topological polar surface area (TPSA) is 18.5 Å². The first kappa shape index (κ1) is 22.1. The Hall–Kier alpha value is -2.58. The van der Waals surface area contributed by atoms with E-state index in [9.17, 15) is 0 Å². The van der Waals surface area contributed by atoms with Crippen molar-refractivity contribution >= 4 is 0 Å². The molecule has 158 valence electrons. The number of unbranched alkanes of at least 4 members (excludes halogenated alkanes) is 1. The molecule has 0 radical (unpaired) electrons. The van der Waals surface area contributed by atoms with Gasteiger partial charge in [0.15, 0.2) is 5.75 Å². The largest absolute Gasteiger partial charge is 0.337 e. The van der Waals surface area contributed by atoms with E-state index in [-0.39, 0.29) is 10.8 Å². The Morgan fingerprint density at radius 1 is 0.667 bits per heavy atom. The van der Waals surface area contributed by atoms with Crippen molar-refractivity contribution < 1.29 is 9.78 Å². The molecule has 3 aromatic rings. The van der Waals surface area contributed by atoms with Gasteiger partial charge >= 0.3 is 0 Å². The lowest BCUT2D eigenvalue weighted by Gasteiger charge is -2.36. The van der Waals surface area contributed by atoms with Crippen molar-refractivity contribution in [2.45, 2.75) is 58.3 Å². The van der Waals surface area contributed by atoms with Gasteiger partial charge in [-0.3, -0.25) is 0 Å². The Morgan fingerprint density at radius 3 is 1.80 bits per heavy atom. The normalized spacial score (nSPS) is 12.0. The fraction of sp³-hybridized carbons (Fsp3) is 0.357. The van der Waals surface area contributed by atoms with Gasteiger partial charge < -0.3 is 4.89 Å². The SMILES string of the molecule is CCCCOOc1cccc(C(C)(C)c2ccccc2)c1C(C)(C)c1ccccc1. The van der Waals surface area contributed by atoms with Crippen LogP contribution in [0.4, 0.5) is 0 Å². The monoisotopic (exact) mass is 402 g/mol. The summed E-state index contributed by atoms with van der Waals surface area (Å²) in [5, 5.41) is 0. The summed E-state index contributed by atoms with van der Waals surface area (Å²) in [6, 6.07) is 27.6. The molecule has 0 amide bonds. The molecule has 0 unspecified atom stereocenters. The van der Waals surface area contributed by atoms with Crippen LogP contribution in [0.5, 0.6) is 5.75 Å². The van der Waals surface area contributed by atoms with Gasteiger partial charge in [-0.2, -0.15) is 4.89 Å². The van der Waals surface area contributed by atoms with Crippen molar-refractivity contribution in [3.63, 3.8) is 0 Å². The van der Waals surface area contributed by atoms with Crippen molar-refractivity contribution in [3.8, 4) is 5.75 Å². The maximum Gasteiger partial charge on any atom is 0.169 e. The predicted molar refractivity (Wildman–Crippen MR) is 125 cm³/mol. The highest BCUT2D eigenvalue weighted by Gasteiger charge is 2.36. The van der Waals surface area contributed by atoms with Crippen molar-refractivity contribution in [2.24, 2.45) is 0 Å². The number of hydrogen-bond donors (Lipinski definition) is 0. The third kappa shape index (κ3) is 4.60. The minimum absolute atomic E-state index is 0.189. The number of hydrogen-bond acceptors (Lipinski definition) is 2. The second-order valence-electron chi connectivity index (χ2n) is 8.92. The summed E-state index contributed by atoms with van der Waals surface area (Å²) >= 11 is 0. The highest BCUT2D eigenvalue weighted by atomic mass is 17.2. The maximum absolute atomic E-state index is 5.92. The fourth-order valence-electron chi connectivity index (χ4n) is 4.08. The van der Waals surface area contributed by atoms with Crippen LogP contribution in [0.15, 0.2) is 78.9 Å². The van der Waals surface area contributed by atoms with Crippen molar-refractivity contribution in [3.05, 3.63) is 101 Å². The van der Waals surface area contributed by atoms with Crippen LogP contribution in [-0.4, -0.2) is 6.61 Å². The molecule has 0 N–H and O–H groups in total. The van der Waals surface area contributed by atoms with Crippen LogP contribution in [0, 0.1) is 0 Å². The molecule has 0 atom stereocenters. The number of rotatable bonds is 9. The third-order valence-corrected chi connectivity index (χ3v) is 6.05. The van der Waals surface area contributed by atoms with Gasteiger partial charge in [0.2, 0.25) is 0 Å². The molecule has 0 saturated heterocycles. The Morgan fingerprint density at radius 2 is 1.23 bits per heavy atom. The third-order valence-electron chi connectivity index (χ3n) is 6.05. The molecule has 0 aromatic heterocycles. The standard InChI is InChI=1S/C28H34O2/c1-6-7-21-29-30-25-20-14-19-24(27(2,3)22-15-10-8-11-16-22)26(25)28(4,5)23-17-12-9-13-18-23/h8-20H,6-7,21H2,1-5H3. The van der Waals surface area contributed by atoms with E-state index in [0.717, 1.165) is 18.6 Å². The number of benzene rings is 3. The summed E-state index contributed by atoms with van der Waals surface area (Å²) in [6.45, 7) is 11.8. The molecule has 0 aliphatic rings. The van der Waals surface area contributed by atoms with Crippen LogP contribution in [-0.2, 0) is 15.7 Å². The smallest absolute Gasteiger partial charge is 0.169 e. The molecule has 0 heterocycles. The van der Waals surface area contributed by atoms with E-state index in [0.29, 0.717) is 6.61 Å². The lowest BCUT2D eigenvalue weighted by atomic mass is 9.68. The van der Waals surface area contributed by atoms with E-state index in [1.807, 2.05) is 6.07 Å². The molecule has 0 fully saturated rings. The van der Waals surface area contributed by atoms with Gasteiger partial charge in [-0.1, -0.05) is 114 Å². The molecular weight excluding hydrogens is 368 g/mol. The van der Waals surface area contributed by atoms with Gasteiger partial charge in [-0.05, 0) is 29.2 Å². The second kappa shape index (κ2) is 9.49. The van der Waals surface area contributed by atoms with Crippen molar-refractivity contribution in [1.82, 2.24) is 0 Å². The summed E-state index contributed by atoms with van der Waals surface area (Å²) < 4.78 is 0. The molecule has 0 aliphatic heterocycles. The highest BCUT2D eigenvalue weighted by Crippen LogP contribution is 2.45. The minimum atomic E-state index is -0.257. The van der Waals surface area contributed by atoms with Crippen LogP contribution in [0.3, 0.4) is 0 Å². The molecular formula is C28H34O2. The van der Waals surface area contributed by atoms with Crippen LogP contribution in [0.1, 0.15) is 69.7 Å². The van der Waals surface area contributed by atoms with Crippen LogP contribution >= 0.6 is 0 Å². The lowest BCUT2D eigenvalue weighted by Crippen LogP contribution is -2.29. The van der Waals surface area contributed by atoms with Gasteiger partial charge in [0.1, 0.15) is 0 Å². The van der Waals surface area contributed by atoms with Crippen molar-refractivity contribution in [1.29, 1.82) is 0 Å². The molecule has 3 aromatic carbocycles. The molecule has 0 bridgehead atoms. The zero-order valence-electron chi connectivity index (χ0n) is 18.9. The molecule has 0 spiro atoms. The van der Waals surface area contributed by atoms with E-state index in [1.54, 1.807) is 0 Å². The summed E-state index contributed by atoms with van der Waals surface area (Å²) in [5.74, 6) is 0.793. The average molecular weight is 403 g/mol. The van der Waals surface area contributed by atoms with Crippen LogP contribution < -0.4 is 4.89 Å². The quantitative estimate of drug-likeness (QED) is 0.210. The first-order valence-electron chi connectivity index (χ1n) is 10.9. The predicted octanol–water partition coefficient (Wildman–Crippen LogP) is 7.45. The summed E-state index contributed by atoms with van der Waals surface area (Å²) in [5.41, 5.74) is 4.50. The van der Waals surface area contributed by atoms with E-state index in [1.165, 1.54) is 22.3 Å². The molecule has 2 heteroatoms. The molecule has 2 nitrogen and oxygen atoms in total. The molecule has 30 heavy (non-hydrogen) atoms. The van der Waals surface area contributed by atoms with Gasteiger partial charge in [-0.25, -0.2) is 0 Å². The summed E-state index contributed by atoms with van der Waals surface area (Å²) in [4.78, 5) is 11.5. The van der Waals surface area contributed by atoms with E-state index in [4.69, 9.17) is 9.78 Å². The van der Waals surface area contributed by atoms with E-state index >= 15 is 0 Å². The Bertz CT molecular complexity index is 927. The molecule has 0 saturated carbocycles. The van der Waals surface area contributed by atoms with Crippen molar-refractivity contribution in [2.75, 3.05) is 6.61 Å². The summed E-state index contributed by atoms with van der Waals surface area (Å²) in [6.07, 6.45) is 2.05.